The number of halogens is 2. The van der Waals surface area contributed by atoms with Crippen molar-refractivity contribution >= 4 is 32.7 Å². The van der Waals surface area contributed by atoms with E-state index in [9.17, 15) is 22.4 Å². The van der Waals surface area contributed by atoms with Crippen LogP contribution in [0.1, 0.15) is 10.4 Å². The van der Waals surface area contributed by atoms with Gasteiger partial charge in [-0.1, -0.05) is 5.92 Å². The summed E-state index contributed by atoms with van der Waals surface area (Å²) in [4.78, 5) is 25.1. The maximum Gasteiger partial charge on any atom is 0.341 e. The molecule has 0 unspecified atom stereocenters. The maximum absolute atomic E-state index is 15.1. The van der Waals surface area contributed by atoms with Crippen molar-refractivity contribution in [1.82, 2.24) is 9.88 Å². The molecule has 0 amide bonds. The summed E-state index contributed by atoms with van der Waals surface area (Å²) >= 11 is 0. The first-order valence-electron chi connectivity index (χ1n) is 8.55. The molecule has 3 rings (SSSR count). The van der Waals surface area contributed by atoms with Crippen LogP contribution in [-0.4, -0.2) is 61.0 Å². The number of nitrogens with zero attached hydrogens (tertiary/aromatic N) is 2. The molecule has 1 aliphatic heterocycles. The van der Waals surface area contributed by atoms with E-state index in [-0.39, 0.29) is 23.1 Å². The summed E-state index contributed by atoms with van der Waals surface area (Å²) in [5.41, 5.74) is -1.96. The normalized spacial score (nSPS) is 14.0. The van der Waals surface area contributed by atoms with E-state index < -0.39 is 38.7 Å². The van der Waals surface area contributed by atoms with Crippen molar-refractivity contribution < 1.29 is 31.7 Å². The Bertz CT molecular complexity index is 1170. The van der Waals surface area contributed by atoms with E-state index in [1.165, 1.54) is 0 Å². The van der Waals surface area contributed by atoms with Gasteiger partial charge >= 0.3 is 5.97 Å². The first-order valence-corrected chi connectivity index (χ1v) is 10.4. The lowest BCUT2D eigenvalue weighted by Crippen LogP contribution is -2.44. The molecule has 1 fully saturated rings. The number of aromatic nitrogens is 1. The highest BCUT2D eigenvalue weighted by molar-refractivity contribution is 7.85. The Balaban J connectivity index is 0.000000575. The Morgan fingerprint density at radius 1 is 1.33 bits per heavy atom. The number of fused-ring (bicyclic) bond motifs is 1. The molecule has 1 saturated heterocycles. The summed E-state index contributed by atoms with van der Waals surface area (Å²) in [7, 11) is -3.67. The number of rotatable bonds is 3. The number of hydrogen-bond donors (Lipinski definition) is 3. The van der Waals surface area contributed by atoms with Crippen LogP contribution in [0.15, 0.2) is 17.1 Å². The van der Waals surface area contributed by atoms with Crippen molar-refractivity contribution in [2.24, 2.45) is 0 Å². The highest BCUT2D eigenvalue weighted by Crippen LogP contribution is 2.30. The van der Waals surface area contributed by atoms with Crippen molar-refractivity contribution in [3.8, 4) is 12.3 Å². The third-order valence-electron chi connectivity index (χ3n) is 4.15. The summed E-state index contributed by atoms with van der Waals surface area (Å²) in [5.74, 6) is -1.01. The van der Waals surface area contributed by atoms with Gasteiger partial charge in [-0.2, -0.15) is 8.42 Å². The SMILES string of the molecule is C#CCn1cc(C(=O)O)c(=O)c2cc(F)c(N3CCNCC3)c(F)c21.CS(=O)(=O)O. The third kappa shape index (κ3) is 5.32. The highest BCUT2D eigenvalue weighted by atomic mass is 32.2. The van der Waals surface area contributed by atoms with Crippen molar-refractivity contribution in [2.45, 2.75) is 6.54 Å². The molecule has 12 heteroatoms. The van der Waals surface area contributed by atoms with Gasteiger partial charge in [-0.15, -0.1) is 6.42 Å². The van der Waals surface area contributed by atoms with Crippen molar-refractivity contribution in [2.75, 3.05) is 37.3 Å². The average Bonchev–Trinajstić information content (AvgIpc) is 2.63. The molecule has 0 bridgehead atoms. The molecular formula is C18H19F2N3O6S. The van der Waals surface area contributed by atoms with Gasteiger partial charge in [-0.3, -0.25) is 9.35 Å². The molecule has 162 valence electrons. The molecule has 1 aromatic heterocycles. The fourth-order valence-corrected chi connectivity index (χ4v) is 3.03. The fourth-order valence-electron chi connectivity index (χ4n) is 3.03. The van der Waals surface area contributed by atoms with E-state index in [0.29, 0.717) is 32.4 Å². The molecule has 0 saturated carbocycles. The molecule has 3 N–H and O–H groups in total. The summed E-state index contributed by atoms with van der Waals surface area (Å²) in [6, 6.07) is 0.886. The Hall–Kier alpha value is -3.01. The van der Waals surface area contributed by atoms with Crippen molar-refractivity contribution in [1.29, 1.82) is 0 Å². The summed E-state index contributed by atoms with van der Waals surface area (Å²) in [6.45, 7) is 1.82. The van der Waals surface area contributed by atoms with Gasteiger partial charge in [0, 0.05) is 32.4 Å². The Morgan fingerprint density at radius 2 is 1.90 bits per heavy atom. The number of piperazine rings is 1. The van der Waals surface area contributed by atoms with Crippen LogP contribution in [0.25, 0.3) is 10.9 Å². The third-order valence-corrected chi connectivity index (χ3v) is 4.15. The van der Waals surface area contributed by atoms with Crippen molar-refractivity contribution in [3.63, 3.8) is 0 Å². The predicted molar refractivity (Wildman–Crippen MR) is 106 cm³/mol. The van der Waals surface area contributed by atoms with E-state index in [0.717, 1.165) is 16.8 Å². The number of terminal acetylenes is 1. The summed E-state index contributed by atoms with van der Waals surface area (Å²) < 4.78 is 56.7. The highest BCUT2D eigenvalue weighted by Gasteiger charge is 2.25. The van der Waals surface area contributed by atoms with Crippen LogP contribution in [-0.2, 0) is 16.7 Å². The standard InChI is InChI=1S/C17H15F2N3O3.CH4O3S/c1-2-5-22-9-11(17(24)25)16(23)10-8-12(18)15(13(19)14(10)22)21-6-3-20-4-7-21;1-5(2,3)4/h1,8-9,20H,3-7H2,(H,24,25);1H3,(H,2,3,4). The lowest BCUT2D eigenvalue weighted by molar-refractivity contribution is 0.0694. The Morgan fingerprint density at radius 3 is 2.40 bits per heavy atom. The molecule has 0 spiro atoms. The molecule has 0 atom stereocenters. The minimum Gasteiger partial charge on any atom is -0.477 e. The van der Waals surface area contributed by atoms with Gasteiger partial charge in [0.15, 0.2) is 5.82 Å². The van der Waals surface area contributed by atoms with Gasteiger partial charge in [0.25, 0.3) is 10.1 Å². The van der Waals surface area contributed by atoms with E-state index in [1.807, 2.05) is 0 Å². The lowest BCUT2D eigenvalue weighted by atomic mass is 10.1. The number of hydrogen-bond acceptors (Lipinski definition) is 6. The minimum absolute atomic E-state index is 0.152. The quantitative estimate of drug-likeness (QED) is 0.463. The summed E-state index contributed by atoms with van der Waals surface area (Å²) in [5, 5.41) is 11.9. The number of carbonyl (C=O) groups is 1. The number of pyridine rings is 1. The molecule has 0 aliphatic carbocycles. The first-order chi connectivity index (χ1) is 14.0. The first kappa shape index (κ1) is 23.3. The average molecular weight is 443 g/mol. The van der Waals surface area contributed by atoms with Gasteiger partial charge in [0.2, 0.25) is 5.43 Å². The molecule has 30 heavy (non-hydrogen) atoms. The lowest BCUT2D eigenvalue weighted by Gasteiger charge is -2.30. The predicted octanol–water partition coefficient (Wildman–Crippen LogP) is 0.525. The van der Waals surface area contributed by atoms with Gasteiger partial charge in [-0.25, -0.2) is 13.6 Å². The Labute approximate surface area is 170 Å². The second kappa shape index (κ2) is 9.21. The smallest absolute Gasteiger partial charge is 0.341 e. The van der Waals surface area contributed by atoms with E-state index in [1.54, 1.807) is 4.90 Å². The molecule has 1 aromatic carbocycles. The fraction of sp³-hybridized carbons (Fsp3) is 0.333. The van der Waals surface area contributed by atoms with Crippen LogP contribution in [0.5, 0.6) is 0 Å². The van der Waals surface area contributed by atoms with E-state index >= 15 is 4.39 Å². The number of benzene rings is 1. The molecule has 2 heterocycles. The van der Waals surface area contributed by atoms with Crippen LogP contribution in [0.2, 0.25) is 0 Å². The van der Waals surface area contributed by atoms with Crippen LogP contribution in [0.4, 0.5) is 14.5 Å². The second-order valence-corrected chi connectivity index (χ2v) is 7.86. The monoisotopic (exact) mass is 443 g/mol. The zero-order valence-corrected chi connectivity index (χ0v) is 16.7. The van der Waals surface area contributed by atoms with E-state index in [4.69, 9.17) is 16.1 Å². The van der Waals surface area contributed by atoms with Gasteiger partial charge in [0.1, 0.15) is 17.1 Å². The topological polar surface area (TPSA) is 129 Å². The maximum atomic E-state index is 15.1. The molecule has 0 radical (unpaired) electrons. The van der Waals surface area contributed by atoms with Gasteiger partial charge in [-0.05, 0) is 6.07 Å². The van der Waals surface area contributed by atoms with Crippen molar-refractivity contribution in [3.05, 3.63) is 39.7 Å². The minimum atomic E-state index is -3.67. The van der Waals surface area contributed by atoms with Gasteiger partial charge in [0.05, 0.1) is 23.7 Å². The molecule has 2 aromatic rings. The number of carboxylic acid groups (broad SMARTS) is 1. The van der Waals surface area contributed by atoms with Crippen LogP contribution >= 0.6 is 0 Å². The zero-order valence-electron chi connectivity index (χ0n) is 15.9. The largest absolute Gasteiger partial charge is 0.477 e. The van der Waals surface area contributed by atoms with Crippen LogP contribution < -0.4 is 15.6 Å². The molecule has 9 nitrogen and oxygen atoms in total. The summed E-state index contributed by atoms with van der Waals surface area (Å²) in [6.07, 6.45) is 6.98. The number of anilines is 1. The number of nitrogens with one attached hydrogen (secondary N) is 1. The van der Waals surface area contributed by atoms with E-state index in [2.05, 4.69) is 11.2 Å². The Kier molecular flexibility index (Phi) is 7.14. The molecule has 1 aliphatic rings. The second-order valence-electron chi connectivity index (χ2n) is 6.40. The number of aromatic carboxylic acids is 1. The van der Waals surface area contributed by atoms with Gasteiger partial charge < -0.3 is 19.9 Å². The molecular weight excluding hydrogens is 424 g/mol. The van der Waals surface area contributed by atoms with Crippen LogP contribution in [0, 0.1) is 24.0 Å². The number of carboxylic acids is 1. The van der Waals surface area contributed by atoms with Crippen LogP contribution in [0.3, 0.4) is 0 Å². The zero-order chi connectivity index (χ0) is 22.6.